The summed E-state index contributed by atoms with van der Waals surface area (Å²) in [5.41, 5.74) is 7.50. The van der Waals surface area contributed by atoms with E-state index in [1.54, 1.807) is 29.2 Å². The van der Waals surface area contributed by atoms with Crippen LogP contribution in [0.3, 0.4) is 0 Å². The molecule has 2 N–H and O–H groups in total. The highest BCUT2D eigenvalue weighted by Gasteiger charge is 2.12. The van der Waals surface area contributed by atoms with Crippen LogP contribution in [-0.4, -0.2) is 21.9 Å². The lowest BCUT2D eigenvalue weighted by Gasteiger charge is -2.04. The minimum Gasteiger partial charge on any atom is -0.494 e. The fraction of sp³-hybridized carbons (Fsp3) is 0.0667. The van der Waals surface area contributed by atoms with Gasteiger partial charge >= 0.3 is 0 Å². The van der Waals surface area contributed by atoms with Gasteiger partial charge in [0.25, 0.3) is 0 Å². The van der Waals surface area contributed by atoms with Crippen LogP contribution in [0.15, 0.2) is 48.8 Å². The molecule has 3 rings (SSSR count). The summed E-state index contributed by atoms with van der Waals surface area (Å²) in [7, 11) is 1.42. The molecule has 0 saturated heterocycles. The van der Waals surface area contributed by atoms with Crippen LogP contribution >= 0.6 is 0 Å². The van der Waals surface area contributed by atoms with Crippen molar-refractivity contribution in [3.8, 4) is 22.8 Å². The quantitative estimate of drug-likeness (QED) is 0.803. The average molecular weight is 284 g/mol. The maximum Gasteiger partial charge on any atom is 0.165 e. The fourth-order valence-electron chi connectivity index (χ4n) is 2.03. The summed E-state index contributed by atoms with van der Waals surface area (Å²) in [5.74, 6) is 0.368. The Bertz CT molecular complexity index is 771. The van der Waals surface area contributed by atoms with Crippen molar-refractivity contribution in [1.82, 2.24) is 14.8 Å². The van der Waals surface area contributed by atoms with Gasteiger partial charge in [0, 0.05) is 11.8 Å². The molecule has 3 aromatic rings. The summed E-state index contributed by atoms with van der Waals surface area (Å²) in [6.45, 7) is 0. The van der Waals surface area contributed by atoms with Crippen LogP contribution in [0.25, 0.3) is 17.1 Å². The zero-order valence-electron chi connectivity index (χ0n) is 11.3. The van der Waals surface area contributed by atoms with Crippen molar-refractivity contribution in [2.24, 2.45) is 0 Å². The van der Waals surface area contributed by atoms with Gasteiger partial charge in [-0.15, -0.1) is 0 Å². The van der Waals surface area contributed by atoms with Crippen molar-refractivity contribution in [3.05, 3.63) is 54.6 Å². The maximum absolute atomic E-state index is 13.8. The Morgan fingerprint density at radius 3 is 2.76 bits per heavy atom. The summed E-state index contributed by atoms with van der Waals surface area (Å²) in [6.07, 6.45) is 3.32. The molecule has 0 fully saturated rings. The van der Waals surface area contributed by atoms with Crippen LogP contribution in [0.4, 0.5) is 10.1 Å². The van der Waals surface area contributed by atoms with E-state index in [2.05, 4.69) is 10.1 Å². The van der Waals surface area contributed by atoms with Crippen molar-refractivity contribution >= 4 is 5.69 Å². The number of nitrogens with two attached hydrogens (primary N) is 1. The van der Waals surface area contributed by atoms with E-state index < -0.39 is 5.82 Å². The number of ether oxygens (including phenoxy) is 1. The first-order valence-corrected chi connectivity index (χ1v) is 6.29. The van der Waals surface area contributed by atoms with Gasteiger partial charge in [-0.1, -0.05) is 6.07 Å². The van der Waals surface area contributed by atoms with Gasteiger partial charge in [0.15, 0.2) is 17.4 Å². The van der Waals surface area contributed by atoms with Crippen molar-refractivity contribution < 1.29 is 9.13 Å². The molecule has 106 valence electrons. The van der Waals surface area contributed by atoms with E-state index in [4.69, 9.17) is 10.5 Å². The first kappa shape index (κ1) is 13.1. The van der Waals surface area contributed by atoms with Crippen LogP contribution in [0.1, 0.15) is 0 Å². The number of nitrogens with zero attached hydrogens (tertiary/aromatic N) is 3. The third kappa shape index (κ3) is 2.43. The predicted molar refractivity (Wildman–Crippen MR) is 77.7 cm³/mol. The lowest BCUT2D eigenvalue weighted by atomic mass is 10.1. The minimum absolute atomic E-state index is 0.182. The topological polar surface area (TPSA) is 66.0 Å². The Hall–Kier alpha value is -2.89. The van der Waals surface area contributed by atoms with Gasteiger partial charge in [-0.2, -0.15) is 5.10 Å². The van der Waals surface area contributed by atoms with Gasteiger partial charge in [-0.3, -0.25) is 0 Å². The molecule has 0 unspecified atom stereocenters. The number of aromatic nitrogens is 3. The van der Waals surface area contributed by atoms with E-state index in [0.29, 0.717) is 22.8 Å². The highest BCUT2D eigenvalue weighted by atomic mass is 19.1. The van der Waals surface area contributed by atoms with E-state index in [-0.39, 0.29) is 5.75 Å². The molecule has 0 atom stereocenters. The Kier molecular flexibility index (Phi) is 3.27. The van der Waals surface area contributed by atoms with Crippen LogP contribution < -0.4 is 10.5 Å². The second-order valence-electron chi connectivity index (χ2n) is 4.41. The smallest absolute Gasteiger partial charge is 0.165 e. The molecule has 0 aliphatic rings. The number of nitrogen functional groups attached to an aromatic ring is 1. The van der Waals surface area contributed by atoms with Gasteiger partial charge in [0.1, 0.15) is 5.69 Å². The molecule has 0 radical (unpaired) electrons. The molecule has 21 heavy (non-hydrogen) atoms. The molecular weight excluding hydrogens is 271 g/mol. The Balaban J connectivity index is 2.04. The van der Waals surface area contributed by atoms with Crippen LogP contribution in [-0.2, 0) is 0 Å². The summed E-state index contributed by atoms with van der Waals surface area (Å²) >= 11 is 0. The summed E-state index contributed by atoms with van der Waals surface area (Å²) in [6, 6.07) is 10.1. The lowest BCUT2D eigenvalue weighted by Crippen LogP contribution is -1.97. The zero-order chi connectivity index (χ0) is 14.8. The first-order chi connectivity index (χ1) is 10.2. The number of hydrogen-bond acceptors (Lipinski definition) is 4. The highest BCUT2D eigenvalue weighted by Crippen LogP contribution is 2.28. The molecule has 6 heteroatoms. The monoisotopic (exact) mass is 284 g/mol. The second-order valence-corrected chi connectivity index (χ2v) is 4.41. The minimum atomic E-state index is -0.457. The van der Waals surface area contributed by atoms with E-state index in [9.17, 15) is 4.39 Å². The van der Waals surface area contributed by atoms with Crippen LogP contribution in [0, 0.1) is 5.82 Å². The summed E-state index contributed by atoms with van der Waals surface area (Å²) in [4.78, 5) is 4.19. The predicted octanol–water partition coefficient (Wildman–Crippen LogP) is 2.66. The summed E-state index contributed by atoms with van der Waals surface area (Å²) in [5, 5.41) is 4.37. The molecule has 2 heterocycles. The van der Waals surface area contributed by atoms with Gasteiger partial charge in [-0.05, 0) is 30.3 Å². The molecular formula is C15H13FN4O. The molecule has 0 bridgehead atoms. The number of pyridine rings is 1. The number of anilines is 1. The van der Waals surface area contributed by atoms with Crippen LogP contribution in [0.5, 0.6) is 5.75 Å². The largest absolute Gasteiger partial charge is 0.494 e. The maximum atomic E-state index is 13.8. The molecule has 2 aromatic heterocycles. The van der Waals surface area contributed by atoms with Gasteiger partial charge in [0.2, 0.25) is 0 Å². The molecule has 0 spiro atoms. The average Bonchev–Trinajstić information content (AvgIpc) is 2.90. The van der Waals surface area contributed by atoms with Gasteiger partial charge in [-0.25, -0.2) is 14.1 Å². The lowest BCUT2D eigenvalue weighted by molar-refractivity contribution is 0.386. The normalized spacial score (nSPS) is 10.6. The van der Waals surface area contributed by atoms with E-state index in [0.717, 1.165) is 0 Å². The first-order valence-electron chi connectivity index (χ1n) is 6.29. The SMILES string of the molecule is COc1ccc(-c2nn(-c3ccccn3)cc2N)cc1F. The molecule has 0 amide bonds. The number of rotatable bonds is 3. The molecule has 1 aromatic carbocycles. The number of methoxy groups -OCH3 is 1. The second kappa shape index (κ2) is 5.24. The van der Waals surface area contributed by atoms with Crippen molar-refractivity contribution in [2.75, 3.05) is 12.8 Å². The van der Waals surface area contributed by atoms with E-state index >= 15 is 0 Å². The molecule has 0 aliphatic carbocycles. The Morgan fingerprint density at radius 1 is 1.24 bits per heavy atom. The van der Waals surface area contributed by atoms with Crippen molar-refractivity contribution in [1.29, 1.82) is 0 Å². The summed E-state index contributed by atoms with van der Waals surface area (Å²) < 4.78 is 20.2. The van der Waals surface area contributed by atoms with Gasteiger partial charge in [0.05, 0.1) is 19.0 Å². The van der Waals surface area contributed by atoms with Crippen LogP contribution in [0.2, 0.25) is 0 Å². The Morgan fingerprint density at radius 2 is 2.10 bits per heavy atom. The molecule has 0 saturated carbocycles. The number of hydrogen-bond donors (Lipinski definition) is 1. The van der Waals surface area contributed by atoms with Gasteiger partial charge < -0.3 is 10.5 Å². The van der Waals surface area contributed by atoms with E-state index in [1.165, 1.54) is 13.2 Å². The fourth-order valence-corrected chi connectivity index (χ4v) is 2.03. The highest BCUT2D eigenvalue weighted by molar-refractivity contribution is 5.72. The Labute approximate surface area is 120 Å². The standard InChI is InChI=1S/C15H13FN4O/c1-21-13-6-5-10(8-11(13)16)15-12(17)9-20(19-15)14-4-2-3-7-18-14/h2-9H,17H2,1H3. The number of benzene rings is 1. The number of halogens is 1. The molecule has 0 aliphatic heterocycles. The third-order valence-electron chi connectivity index (χ3n) is 3.05. The van der Waals surface area contributed by atoms with E-state index in [1.807, 2.05) is 18.2 Å². The van der Waals surface area contributed by atoms with Crippen molar-refractivity contribution in [3.63, 3.8) is 0 Å². The zero-order valence-corrected chi connectivity index (χ0v) is 11.3. The molecule has 5 nitrogen and oxygen atoms in total. The third-order valence-corrected chi connectivity index (χ3v) is 3.05. The van der Waals surface area contributed by atoms with Crippen molar-refractivity contribution in [2.45, 2.75) is 0 Å².